The van der Waals surface area contributed by atoms with Crippen molar-refractivity contribution in [1.29, 1.82) is 0 Å². The summed E-state index contributed by atoms with van der Waals surface area (Å²) in [6.45, 7) is 6.53. The van der Waals surface area contributed by atoms with Gasteiger partial charge in [0, 0.05) is 0 Å². The number of unbranched alkanes of at least 4 members (excludes halogenated alkanes) is 18. The first-order valence-electron chi connectivity index (χ1n) is 16.5. The normalized spacial score (nSPS) is 10.3. The van der Waals surface area contributed by atoms with Gasteiger partial charge in [-0.15, -0.1) is 0 Å². The van der Waals surface area contributed by atoms with Gasteiger partial charge in [-0.2, -0.15) is 0 Å². The van der Waals surface area contributed by atoms with Crippen molar-refractivity contribution in [2.45, 2.75) is 155 Å². The van der Waals surface area contributed by atoms with E-state index in [0.717, 1.165) is 24.0 Å². The Bertz CT molecular complexity index is 788. The van der Waals surface area contributed by atoms with E-state index in [2.05, 4.69) is 13.8 Å². The SMILES string of the molecule is C=O.CCCCCCCCCCCCCCCc1ccccc1O.CCCCCCCCCc1ccccc1O. The predicted molar refractivity (Wildman–Crippen MR) is 174 cm³/mol. The fraction of sp³-hybridized carbons (Fsp3) is 0.649. The van der Waals surface area contributed by atoms with E-state index in [1.165, 1.54) is 128 Å². The largest absolute Gasteiger partial charge is 0.508 e. The molecule has 0 unspecified atom stereocenters. The third-order valence-electron chi connectivity index (χ3n) is 7.58. The number of hydrogen-bond donors (Lipinski definition) is 2. The van der Waals surface area contributed by atoms with Gasteiger partial charge in [0.05, 0.1) is 0 Å². The summed E-state index contributed by atoms with van der Waals surface area (Å²) in [6, 6.07) is 15.4. The minimum absolute atomic E-state index is 0.452. The predicted octanol–water partition coefficient (Wildman–Crippen LogP) is 11.5. The molecule has 0 aliphatic carbocycles. The minimum atomic E-state index is 0.452. The van der Waals surface area contributed by atoms with E-state index in [4.69, 9.17) is 4.79 Å². The zero-order valence-electron chi connectivity index (χ0n) is 26.2. The standard InChI is InChI=1S/C21H36O.C15H24O.CH2O/c1-2-3-4-5-6-7-8-9-10-11-12-13-14-17-20-18-15-16-19-21(20)22;1-2-3-4-5-6-7-8-11-14-12-9-10-13-15(14)16;1-2/h15-16,18-19,22H,2-14,17H2,1H3;9-10,12-13,16H,2-8,11H2,1H3;1H2. The smallest absolute Gasteiger partial charge is 0.118 e. The number of aromatic hydroxyl groups is 2. The fourth-order valence-corrected chi connectivity index (χ4v) is 5.05. The van der Waals surface area contributed by atoms with Crippen molar-refractivity contribution in [2.24, 2.45) is 0 Å². The highest BCUT2D eigenvalue weighted by molar-refractivity contribution is 5.32. The van der Waals surface area contributed by atoms with Crippen LogP contribution in [0, 0.1) is 0 Å². The van der Waals surface area contributed by atoms with Gasteiger partial charge in [-0.1, -0.05) is 166 Å². The van der Waals surface area contributed by atoms with Gasteiger partial charge in [-0.25, -0.2) is 0 Å². The zero-order valence-corrected chi connectivity index (χ0v) is 26.2. The average molecular weight is 555 g/mol. The molecule has 40 heavy (non-hydrogen) atoms. The Kier molecular flexibility index (Phi) is 28.0. The van der Waals surface area contributed by atoms with Crippen LogP contribution in [-0.2, 0) is 17.6 Å². The number of hydrogen-bond acceptors (Lipinski definition) is 3. The van der Waals surface area contributed by atoms with Gasteiger partial charge in [0.25, 0.3) is 0 Å². The molecule has 3 heteroatoms. The van der Waals surface area contributed by atoms with Gasteiger partial charge in [0.1, 0.15) is 18.3 Å². The second kappa shape index (κ2) is 29.7. The molecule has 2 N–H and O–H groups in total. The molecule has 228 valence electrons. The van der Waals surface area contributed by atoms with Crippen LogP contribution in [0.3, 0.4) is 0 Å². The van der Waals surface area contributed by atoms with Crippen molar-refractivity contribution in [3.8, 4) is 11.5 Å². The van der Waals surface area contributed by atoms with Crippen LogP contribution in [0.25, 0.3) is 0 Å². The number of rotatable bonds is 22. The molecule has 0 aliphatic rings. The Morgan fingerprint density at radius 1 is 0.425 bits per heavy atom. The molecule has 0 heterocycles. The monoisotopic (exact) mass is 554 g/mol. The Balaban J connectivity index is 0.000000747. The lowest BCUT2D eigenvalue weighted by atomic mass is 10.0. The maximum absolute atomic E-state index is 9.70. The first-order valence-corrected chi connectivity index (χ1v) is 16.5. The number of aryl methyl sites for hydroxylation is 2. The third kappa shape index (κ3) is 22.5. The Morgan fingerprint density at radius 2 is 0.675 bits per heavy atom. The van der Waals surface area contributed by atoms with Gasteiger partial charge >= 0.3 is 0 Å². The third-order valence-corrected chi connectivity index (χ3v) is 7.58. The first-order chi connectivity index (χ1) is 19.7. The minimum Gasteiger partial charge on any atom is -0.508 e. The molecule has 0 saturated carbocycles. The number of carbonyl (C=O) groups is 1. The fourth-order valence-electron chi connectivity index (χ4n) is 5.05. The second-order valence-corrected chi connectivity index (χ2v) is 11.1. The summed E-state index contributed by atoms with van der Waals surface area (Å²) in [6.07, 6.45) is 29.3. The Hall–Kier alpha value is -2.29. The van der Waals surface area contributed by atoms with Crippen molar-refractivity contribution in [3.63, 3.8) is 0 Å². The number of phenols is 2. The van der Waals surface area contributed by atoms with Crippen LogP contribution in [0.15, 0.2) is 48.5 Å². The lowest BCUT2D eigenvalue weighted by Gasteiger charge is -2.05. The van der Waals surface area contributed by atoms with Crippen LogP contribution in [0.1, 0.15) is 153 Å². The summed E-state index contributed by atoms with van der Waals surface area (Å²) >= 11 is 0. The number of carbonyl (C=O) groups excluding carboxylic acids is 1. The van der Waals surface area contributed by atoms with Gasteiger partial charge in [-0.3, -0.25) is 0 Å². The van der Waals surface area contributed by atoms with Crippen LogP contribution < -0.4 is 0 Å². The molecule has 0 spiro atoms. The van der Waals surface area contributed by atoms with E-state index in [-0.39, 0.29) is 0 Å². The number of phenolic OH excluding ortho intramolecular Hbond substituents is 2. The lowest BCUT2D eigenvalue weighted by Crippen LogP contribution is -1.87. The highest BCUT2D eigenvalue weighted by atomic mass is 16.3. The summed E-state index contributed by atoms with van der Waals surface area (Å²) in [5.74, 6) is 0.912. The van der Waals surface area contributed by atoms with Crippen molar-refractivity contribution in [3.05, 3.63) is 59.7 Å². The topological polar surface area (TPSA) is 57.5 Å². The molecule has 0 atom stereocenters. The molecule has 3 nitrogen and oxygen atoms in total. The van der Waals surface area contributed by atoms with Crippen molar-refractivity contribution < 1.29 is 15.0 Å². The highest BCUT2D eigenvalue weighted by Gasteiger charge is 2.00. The van der Waals surface area contributed by atoms with Crippen molar-refractivity contribution >= 4 is 6.79 Å². The molecule has 2 aromatic carbocycles. The molecule has 0 saturated heterocycles. The highest BCUT2D eigenvalue weighted by Crippen LogP contribution is 2.20. The van der Waals surface area contributed by atoms with Crippen LogP contribution >= 0.6 is 0 Å². The van der Waals surface area contributed by atoms with Gasteiger partial charge in [-0.05, 0) is 48.9 Å². The summed E-state index contributed by atoms with van der Waals surface area (Å²) in [5.41, 5.74) is 2.20. The molecule has 0 aliphatic heterocycles. The molecule has 0 radical (unpaired) electrons. The van der Waals surface area contributed by atoms with Gasteiger partial charge in [0.15, 0.2) is 0 Å². The summed E-state index contributed by atoms with van der Waals surface area (Å²) in [4.78, 5) is 8.00. The maximum atomic E-state index is 9.70. The van der Waals surface area contributed by atoms with Gasteiger partial charge in [0.2, 0.25) is 0 Å². The van der Waals surface area contributed by atoms with E-state index >= 15 is 0 Å². The van der Waals surface area contributed by atoms with Gasteiger partial charge < -0.3 is 15.0 Å². The molecule has 0 bridgehead atoms. The second-order valence-electron chi connectivity index (χ2n) is 11.1. The molecular weight excluding hydrogens is 492 g/mol. The van der Waals surface area contributed by atoms with E-state index < -0.39 is 0 Å². The summed E-state index contributed by atoms with van der Waals surface area (Å²) < 4.78 is 0. The quantitative estimate of drug-likeness (QED) is 0.142. The Labute approximate surface area is 247 Å². The lowest BCUT2D eigenvalue weighted by molar-refractivity contribution is -0.0980. The van der Waals surface area contributed by atoms with E-state index in [9.17, 15) is 10.2 Å². The Morgan fingerprint density at radius 3 is 0.950 bits per heavy atom. The molecule has 0 aromatic heterocycles. The summed E-state index contributed by atoms with van der Waals surface area (Å²) in [5, 5.41) is 19.3. The van der Waals surface area contributed by atoms with Crippen LogP contribution in [0.2, 0.25) is 0 Å². The number of para-hydroxylation sites is 2. The molecule has 0 amide bonds. The van der Waals surface area contributed by atoms with Crippen molar-refractivity contribution in [1.82, 2.24) is 0 Å². The van der Waals surface area contributed by atoms with Crippen molar-refractivity contribution in [2.75, 3.05) is 0 Å². The summed E-state index contributed by atoms with van der Waals surface area (Å²) in [7, 11) is 0. The molecular formula is C37H62O3. The number of benzene rings is 2. The molecule has 2 rings (SSSR count). The van der Waals surface area contributed by atoms with E-state index in [1.54, 1.807) is 12.1 Å². The molecule has 2 aromatic rings. The van der Waals surface area contributed by atoms with Crippen LogP contribution in [0.4, 0.5) is 0 Å². The first kappa shape index (κ1) is 37.7. The van der Waals surface area contributed by atoms with Crippen LogP contribution in [0.5, 0.6) is 11.5 Å². The molecule has 0 fully saturated rings. The van der Waals surface area contributed by atoms with E-state index in [0.29, 0.717) is 11.5 Å². The zero-order chi connectivity index (χ0) is 29.5. The van der Waals surface area contributed by atoms with Crippen LogP contribution in [-0.4, -0.2) is 17.0 Å². The van der Waals surface area contributed by atoms with E-state index in [1.807, 2.05) is 43.2 Å². The maximum Gasteiger partial charge on any atom is 0.118 e. The average Bonchev–Trinajstić information content (AvgIpc) is 2.98.